The summed E-state index contributed by atoms with van der Waals surface area (Å²) < 4.78 is 10.2. The predicted molar refractivity (Wildman–Crippen MR) is 80.5 cm³/mol. The summed E-state index contributed by atoms with van der Waals surface area (Å²) in [5.41, 5.74) is 1.38. The number of rotatable bonds is 3. The number of benzene rings is 2. The second kappa shape index (κ2) is 5.51. The first-order valence-electron chi connectivity index (χ1n) is 6.41. The van der Waals surface area contributed by atoms with E-state index in [1.54, 1.807) is 19.3 Å². The summed E-state index contributed by atoms with van der Waals surface area (Å²) in [7, 11) is 1.65. The summed E-state index contributed by atoms with van der Waals surface area (Å²) in [6, 6.07) is 15.6. The average molecular weight is 276 g/mol. The van der Waals surface area contributed by atoms with Crippen molar-refractivity contribution in [1.29, 1.82) is 5.26 Å². The number of ether oxygens (including phenoxy) is 1. The van der Waals surface area contributed by atoms with Crippen molar-refractivity contribution in [2.45, 2.75) is 0 Å². The van der Waals surface area contributed by atoms with Crippen LogP contribution in [0.1, 0.15) is 11.3 Å². The van der Waals surface area contributed by atoms with Crippen LogP contribution in [0.2, 0.25) is 0 Å². The first-order chi connectivity index (χ1) is 10.3. The Balaban J connectivity index is 2.03. The van der Waals surface area contributed by atoms with Crippen molar-refractivity contribution in [1.82, 2.24) is 5.16 Å². The molecule has 1 aromatic heterocycles. The Morgan fingerprint density at radius 3 is 2.71 bits per heavy atom. The van der Waals surface area contributed by atoms with E-state index in [1.165, 1.54) is 6.20 Å². The van der Waals surface area contributed by atoms with Crippen molar-refractivity contribution >= 4 is 22.4 Å². The van der Waals surface area contributed by atoms with Crippen molar-refractivity contribution < 1.29 is 9.26 Å². The minimum Gasteiger partial charge on any atom is -0.497 e. The zero-order chi connectivity index (χ0) is 14.7. The van der Waals surface area contributed by atoms with Crippen LogP contribution in [0.4, 0.5) is 0 Å². The third-order valence-electron chi connectivity index (χ3n) is 3.21. The van der Waals surface area contributed by atoms with Gasteiger partial charge in [-0.05, 0) is 40.6 Å². The summed E-state index contributed by atoms with van der Waals surface area (Å²) in [5, 5.41) is 15.0. The van der Waals surface area contributed by atoms with E-state index in [2.05, 4.69) is 11.2 Å². The lowest BCUT2D eigenvalue weighted by atomic mass is 10.0. The number of fused-ring (bicyclic) bond motifs is 1. The van der Waals surface area contributed by atoms with Crippen molar-refractivity contribution in [2.24, 2.45) is 0 Å². The van der Waals surface area contributed by atoms with E-state index in [0.29, 0.717) is 11.3 Å². The number of nitrogens with zero attached hydrogens (tertiary/aromatic N) is 2. The molecule has 0 bridgehead atoms. The first-order valence-corrected chi connectivity index (χ1v) is 6.41. The number of nitriles is 1. The van der Waals surface area contributed by atoms with E-state index in [0.717, 1.165) is 22.1 Å². The fourth-order valence-corrected chi connectivity index (χ4v) is 2.14. The van der Waals surface area contributed by atoms with E-state index in [9.17, 15) is 5.26 Å². The van der Waals surface area contributed by atoms with E-state index < -0.39 is 0 Å². The molecule has 0 spiro atoms. The Labute approximate surface area is 121 Å². The van der Waals surface area contributed by atoms with Crippen LogP contribution in [-0.4, -0.2) is 12.3 Å². The van der Waals surface area contributed by atoms with Gasteiger partial charge in [-0.25, -0.2) is 0 Å². The van der Waals surface area contributed by atoms with Gasteiger partial charge in [0, 0.05) is 6.07 Å². The van der Waals surface area contributed by atoms with Gasteiger partial charge in [0.25, 0.3) is 0 Å². The van der Waals surface area contributed by atoms with Gasteiger partial charge in [0.2, 0.25) is 0 Å². The molecule has 0 aliphatic carbocycles. The molecule has 0 aliphatic heterocycles. The fraction of sp³-hybridized carbons (Fsp3) is 0.0588. The van der Waals surface area contributed by atoms with Gasteiger partial charge in [0.05, 0.1) is 18.9 Å². The molecule has 0 saturated carbocycles. The van der Waals surface area contributed by atoms with Crippen LogP contribution in [0, 0.1) is 11.3 Å². The minimum absolute atomic E-state index is 0.445. The molecule has 0 amide bonds. The number of methoxy groups -OCH3 is 1. The van der Waals surface area contributed by atoms with Crippen LogP contribution in [-0.2, 0) is 0 Å². The molecule has 1 heterocycles. The van der Waals surface area contributed by atoms with Gasteiger partial charge in [0.1, 0.15) is 11.8 Å². The number of aromatic nitrogens is 1. The van der Waals surface area contributed by atoms with Gasteiger partial charge in [-0.1, -0.05) is 23.4 Å². The monoisotopic (exact) mass is 276 g/mol. The minimum atomic E-state index is 0.445. The van der Waals surface area contributed by atoms with Gasteiger partial charge < -0.3 is 9.26 Å². The molecule has 0 radical (unpaired) electrons. The zero-order valence-electron chi connectivity index (χ0n) is 11.4. The molecular formula is C17H12N2O2. The van der Waals surface area contributed by atoms with Crippen LogP contribution < -0.4 is 4.74 Å². The Kier molecular flexibility index (Phi) is 3.40. The lowest BCUT2D eigenvalue weighted by Gasteiger charge is -2.03. The molecule has 102 valence electrons. The molecule has 0 N–H and O–H groups in total. The van der Waals surface area contributed by atoms with Gasteiger partial charge in [-0.3, -0.25) is 0 Å². The van der Waals surface area contributed by atoms with Crippen molar-refractivity contribution in [3.05, 3.63) is 60.0 Å². The second-order valence-corrected chi connectivity index (χ2v) is 4.52. The van der Waals surface area contributed by atoms with Gasteiger partial charge >= 0.3 is 0 Å². The maximum Gasteiger partial charge on any atom is 0.177 e. The van der Waals surface area contributed by atoms with Gasteiger partial charge in [-0.15, -0.1) is 0 Å². The smallest absolute Gasteiger partial charge is 0.177 e. The molecule has 0 fully saturated rings. The highest BCUT2D eigenvalue weighted by Crippen LogP contribution is 2.24. The number of allylic oxidation sites excluding steroid dienone is 1. The average Bonchev–Trinajstić information content (AvgIpc) is 3.06. The molecule has 0 aliphatic rings. The Hall–Kier alpha value is -3.06. The first kappa shape index (κ1) is 12.9. The van der Waals surface area contributed by atoms with Crippen molar-refractivity contribution in [3.63, 3.8) is 0 Å². The van der Waals surface area contributed by atoms with Crippen molar-refractivity contribution in [3.8, 4) is 11.8 Å². The highest BCUT2D eigenvalue weighted by molar-refractivity contribution is 5.91. The van der Waals surface area contributed by atoms with E-state index >= 15 is 0 Å². The van der Waals surface area contributed by atoms with E-state index in [-0.39, 0.29) is 0 Å². The van der Waals surface area contributed by atoms with Crippen molar-refractivity contribution in [2.75, 3.05) is 7.11 Å². The summed E-state index contributed by atoms with van der Waals surface area (Å²) in [6.07, 6.45) is 3.30. The van der Waals surface area contributed by atoms with Gasteiger partial charge in [0.15, 0.2) is 5.76 Å². The van der Waals surface area contributed by atoms with Crippen LogP contribution >= 0.6 is 0 Å². The topological polar surface area (TPSA) is 59.0 Å². The second-order valence-electron chi connectivity index (χ2n) is 4.52. The number of hydrogen-bond donors (Lipinski definition) is 0. The fourth-order valence-electron chi connectivity index (χ4n) is 2.14. The third-order valence-corrected chi connectivity index (χ3v) is 3.21. The van der Waals surface area contributed by atoms with E-state index in [1.807, 2.05) is 36.4 Å². The third kappa shape index (κ3) is 2.63. The predicted octanol–water partition coefficient (Wildman–Crippen LogP) is 3.90. The standard InChI is InChI=1S/C17H12N2O2/c1-20-16-5-4-13-8-12(2-3-14(13)10-16)9-15(11-18)17-6-7-19-21-17/h2-10H,1H3. The molecule has 2 aromatic carbocycles. The molecule has 3 rings (SSSR count). The summed E-state index contributed by atoms with van der Waals surface area (Å²) >= 11 is 0. The largest absolute Gasteiger partial charge is 0.497 e. The molecule has 4 heteroatoms. The SMILES string of the molecule is COc1ccc2cc(C=C(C#N)c3ccno3)ccc2c1. The molecule has 4 nitrogen and oxygen atoms in total. The van der Waals surface area contributed by atoms with E-state index in [4.69, 9.17) is 9.26 Å². The molecular weight excluding hydrogens is 264 g/mol. The van der Waals surface area contributed by atoms with Crippen LogP contribution in [0.15, 0.2) is 53.2 Å². The van der Waals surface area contributed by atoms with Crippen LogP contribution in [0.25, 0.3) is 22.4 Å². The molecule has 3 aromatic rings. The Morgan fingerprint density at radius 1 is 1.19 bits per heavy atom. The van der Waals surface area contributed by atoms with Crippen LogP contribution in [0.5, 0.6) is 5.75 Å². The maximum absolute atomic E-state index is 9.22. The Bertz CT molecular complexity index is 843. The molecule has 0 atom stereocenters. The zero-order valence-corrected chi connectivity index (χ0v) is 11.4. The maximum atomic E-state index is 9.22. The highest BCUT2D eigenvalue weighted by Gasteiger charge is 2.05. The van der Waals surface area contributed by atoms with Crippen LogP contribution in [0.3, 0.4) is 0 Å². The molecule has 21 heavy (non-hydrogen) atoms. The normalized spacial score (nSPS) is 11.3. The summed E-state index contributed by atoms with van der Waals surface area (Å²) in [6.45, 7) is 0. The highest BCUT2D eigenvalue weighted by atomic mass is 16.5. The lowest BCUT2D eigenvalue weighted by Crippen LogP contribution is -1.83. The lowest BCUT2D eigenvalue weighted by molar-refractivity contribution is 0.411. The molecule has 0 saturated heterocycles. The summed E-state index contributed by atoms with van der Waals surface area (Å²) in [5.74, 6) is 1.29. The quantitative estimate of drug-likeness (QED) is 0.681. The Morgan fingerprint density at radius 2 is 2.00 bits per heavy atom. The molecule has 0 unspecified atom stereocenters. The number of hydrogen-bond acceptors (Lipinski definition) is 4. The summed E-state index contributed by atoms with van der Waals surface area (Å²) in [4.78, 5) is 0. The van der Waals surface area contributed by atoms with Gasteiger partial charge in [-0.2, -0.15) is 5.26 Å².